The number of pyridine rings is 1. The van der Waals surface area contributed by atoms with E-state index in [1.807, 2.05) is 0 Å². The zero-order chi connectivity index (χ0) is 14.0. The molecule has 0 aliphatic carbocycles. The lowest BCUT2D eigenvalue weighted by atomic mass is 10.1. The topological polar surface area (TPSA) is 48.1 Å². The van der Waals surface area contributed by atoms with Gasteiger partial charge in [-0.25, -0.2) is 0 Å². The van der Waals surface area contributed by atoms with E-state index in [0.717, 1.165) is 12.3 Å². The standard InChI is InChI=1S/C13H11F3N2O/c1-19-11-6-9(17)3-4-10(11)8-2-5-12(18-7-8)13(14,15)16/h2-7H,17H2,1H3. The molecule has 0 spiro atoms. The molecule has 19 heavy (non-hydrogen) atoms. The smallest absolute Gasteiger partial charge is 0.433 e. The second kappa shape index (κ2) is 4.79. The Morgan fingerprint density at radius 2 is 1.89 bits per heavy atom. The largest absolute Gasteiger partial charge is 0.496 e. The lowest BCUT2D eigenvalue weighted by Gasteiger charge is -2.10. The first-order valence-electron chi connectivity index (χ1n) is 5.39. The van der Waals surface area contributed by atoms with Gasteiger partial charge in [0.1, 0.15) is 11.4 Å². The van der Waals surface area contributed by atoms with Crippen LogP contribution in [0.2, 0.25) is 0 Å². The van der Waals surface area contributed by atoms with Crippen LogP contribution in [0.3, 0.4) is 0 Å². The molecule has 2 N–H and O–H groups in total. The predicted octanol–water partition coefficient (Wildman–Crippen LogP) is 3.36. The van der Waals surface area contributed by atoms with Crippen molar-refractivity contribution in [2.45, 2.75) is 6.18 Å². The number of rotatable bonds is 2. The van der Waals surface area contributed by atoms with E-state index in [2.05, 4.69) is 4.98 Å². The zero-order valence-corrected chi connectivity index (χ0v) is 10.0. The number of halogens is 3. The van der Waals surface area contributed by atoms with Crippen molar-refractivity contribution in [1.29, 1.82) is 0 Å². The third-order valence-corrected chi connectivity index (χ3v) is 2.59. The second-order valence-corrected chi connectivity index (χ2v) is 3.89. The van der Waals surface area contributed by atoms with E-state index >= 15 is 0 Å². The quantitative estimate of drug-likeness (QED) is 0.849. The third kappa shape index (κ3) is 2.78. The van der Waals surface area contributed by atoms with Gasteiger partial charge in [0.2, 0.25) is 0 Å². The van der Waals surface area contributed by atoms with Crippen LogP contribution < -0.4 is 10.5 Å². The molecule has 0 fully saturated rings. The fourth-order valence-electron chi connectivity index (χ4n) is 1.67. The zero-order valence-electron chi connectivity index (χ0n) is 10.0. The summed E-state index contributed by atoms with van der Waals surface area (Å²) in [7, 11) is 1.47. The van der Waals surface area contributed by atoms with Gasteiger partial charge >= 0.3 is 6.18 Å². The molecular weight excluding hydrogens is 257 g/mol. The Morgan fingerprint density at radius 1 is 1.16 bits per heavy atom. The van der Waals surface area contributed by atoms with Crippen LogP contribution in [0.4, 0.5) is 18.9 Å². The summed E-state index contributed by atoms with van der Waals surface area (Å²) in [6.45, 7) is 0. The van der Waals surface area contributed by atoms with Gasteiger partial charge in [0.05, 0.1) is 7.11 Å². The monoisotopic (exact) mass is 268 g/mol. The molecule has 0 saturated heterocycles. The van der Waals surface area contributed by atoms with Gasteiger partial charge in [-0.3, -0.25) is 4.98 Å². The predicted molar refractivity (Wildman–Crippen MR) is 65.6 cm³/mol. The molecule has 100 valence electrons. The fraction of sp³-hybridized carbons (Fsp3) is 0.154. The number of hydrogen-bond acceptors (Lipinski definition) is 3. The van der Waals surface area contributed by atoms with Gasteiger partial charge in [-0.2, -0.15) is 13.2 Å². The molecule has 2 rings (SSSR count). The molecule has 1 aromatic heterocycles. The summed E-state index contributed by atoms with van der Waals surface area (Å²) >= 11 is 0. The summed E-state index contributed by atoms with van der Waals surface area (Å²) in [5.74, 6) is 0.488. The molecule has 2 aromatic rings. The summed E-state index contributed by atoms with van der Waals surface area (Å²) in [5, 5.41) is 0. The van der Waals surface area contributed by atoms with Gasteiger partial charge in [0.15, 0.2) is 0 Å². The van der Waals surface area contributed by atoms with Crippen LogP contribution in [-0.2, 0) is 6.18 Å². The minimum atomic E-state index is -4.44. The molecule has 0 unspecified atom stereocenters. The number of ether oxygens (including phenoxy) is 1. The summed E-state index contributed by atoms with van der Waals surface area (Å²) in [6.07, 6.45) is -3.28. The van der Waals surface area contributed by atoms with Gasteiger partial charge in [0.25, 0.3) is 0 Å². The van der Waals surface area contributed by atoms with E-state index in [4.69, 9.17) is 10.5 Å². The van der Waals surface area contributed by atoms with Crippen molar-refractivity contribution >= 4 is 5.69 Å². The highest BCUT2D eigenvalue weighted by Crippen LogP contribution is 2.33. The van der Waals surface area contributed by atoms with Gasteiger partial charge in [-0.1, -0.05) is 6.07 Å². The number of anilines is 1. The number of methoxy groups -OCH3 is 1. The summed E-state index contributed by atoms with van der Waals surface area (Å²) < 4.78 is 42.4. The van der Waals surface area contributed by atoms with E-state index in [0.29, 0.717) is 22.6 Å². The highest BCUT2D eigenvalue weighted by atomic mass is 19.4. The molecule has 1 aromatic carbocycles. The maximum Gasteiger partial charge on any atom is 0.433 e. The van der Waals surface area contributed by atoms with Crippen LogP contribution in [0.5, 0.6) is 5.75 Å². The van der Waals surface area contributed by atoms with E-state index < -0.39 is 11.9 Å². The van der Waals surface area contributed by atoms with Crippen LogP contribution >= 0.6 is 0 Å². The summed E-state index contributed by atoms with van der Waals surface area (Å²) in [6, 6.07) is 7.22. The maximum absolute atomic E-state index is 12.4. The van der Waals surface area contributed by atoms with Crippen molar-refractivity contribution in [3.63, 3.8) is 0 Å². The number of benzene rings is 1. The molecule has 0 bridgehead atoms. The molecule has 3 nitrogen and oxygen atoms in total. The maximum atomic E-state index is 12.4. The molecule has 6 heteroatoms. The van der Waals surface area contributed by atoms with Crippen LogP contribution in [0.25, 0.3) is 11.1 Å². The average molecular weight is 268 g/mol. The molecule has 0 aliphatic heterocycles. The number of alkyl halides is 3. The molecule has 0 aliphatic rings. The lowest BCUT2D eigenvalue weighted by molar-refractivity contribution is -0.141. The normalized spacial score (nSPS) is 11.4. The van der Waals surface area contributed by atoms with Gasteiger partial charge < -0.3 is 10.5 Å². The first kappa shape index (κ1) is 13.2. The minimum Gasteiger partial charge on any atom is -0.496 e. The van der Waals surface area contributed by atoms with E-state index in [1.165, 1.54) is 13.2 Å². The van der Waals surface area contributed by atoms with Crippen molar-refractivity contribution < 1.29 is 17.9 Å². The minimum absolute atomic E-state index is 0.488. The Kier molecular flexibility index (Phi) is 3.33. The van der Waals surface area contributed by atoms with Gasteiger partial charge in [0, 0.05) is 29.1 Å². The Hall–Kier alpha value is -2.24. The molecule has 0 saturated carbocycles. The number of aromatic nitrogens is 1. The van der Waals surface area contributed by atoms with E-state index in [1.54, 1.807) is 18.2 Å². The molecule has 1 heterocycles. The molecular formula is C13H11F3N2O. The van der Waals surface area contributed by atoms with Gasteiger partial charge in [-0.15, -0.1) is 0 Å². The van der Waals surface area contributed by atoms with Crippen LogP contribution in [0.15, 0.2) is 36.5 Å². The van der Waals surface area contributed by atoms with Crippen LogP contribution in [-0.4, -0.2) is 12.1 Å². The Balaban J connectivity index is 2.43. The van der Waals surface area contributed by atoms with Gasteiger partial charge in [-0.05, 0) is 18.2 Å². The Labute approximate surface area is 107 Å². The fourth-order valence-corrected chi connectivity index (χ4v) is 1.67. The number of nitrogen functional groups attached to an aromatic ring is 1. The molecule has 0 radical (unpaired) electrons. The highest BCUT2D eigenvalue weighted by Gasteiger charge is 2.32. The number of nitrogens with two attached hydrogens (primary N) is 1. The molecule has 0 atom stereocenters. The van der Waals surface area contributed by atoms with Crippen molar-refractivity contribution in [1.82, 2.24) is 4.98 Å². The Bertz CT molecular complexity index is 579. The highest BCUT2D eigenvalue weighted by molar-refractivity contribution is 5.72. The van der Waals surface area contributed by atoms with Crippen molar-refractivity contribution in [3.05, 3.63) is 42.2 Å². The van der Waals surface area contributed by atoms with Crippen molar-refractivity contribution in [2.75, 3.05) is 12.8 Å². The van der Waals surface area contributed by atoms with Crippen LogP contribution in [0, 0.1) is 0 Å². The average Bonchev–Trinajstić information content (AvgIpc) is 2.37. The number of nitrogens with zero attached hydrogens (tertiary/aromatic N) is 1. The lowest BCUT2D eigenvalue weighted by Crippen LogP contribution is -2.07. The number of hydrogen-bond donors (Lipinski definition) is 1. The summed E-state index contributed by atoms with van der Waals surface area (Å²) in [4.78, 5) is 3.41. The van der Waals surface area contributed by atoms with E-state index in [-0.39, 0.29) is 0 Å². The third-order valence-electron chi connectivity index (χ3n) is 2.59. The first-order valence-corrected chi connectivity index (χ1v) is 5.39. The first-order chi connectivity index (χ1) is 8.91. The van der Waals surface area contributed by atoms with Crippen LogP contribution in [0.1, 0.15) is 5.69 Å². The van der Waals surface area contributed by atoms with Crippen molar-refractivity contribution in [2.24, 2.45) is 0 Å². The molecule has 0 amide bonds. The van der Waals surface area contributed by atoms with E-state index in [9.17, 15) is 13.2 Å². The van der Waals surface area contributed by atoms with Crippen molar-refractivity contribution in [3.8, 4) is 16.9 Å². The Morgan fingerprint density at radius 3 is 2.42 bits per heavy atom. The second-order valence-electron chi connectivity index (χ2n) is 3.89. The summed E-state index contributed by atoms with van der Waals surface area (Å²) in [5.41, 5.74) is 6.38. The SMILES string of the molecule is COc1cc(N)ccc1-c1ccc(C(F)(F)F)nc1.